The summed E-state index contributed by atoms with van der Waals surface area (Å²) in [7, 11) is 0. The van der Waals surface area contributed by atoms with Crippen LogP contribution in [0.3, 0.4) is 0 Å². The topological polar surface area (TPSA) is 87.7 Å². The molecule has 6 nitrogen and oxygen atoms in total. The van der Waals surface area contributed by atoms with Crippen LogP contribution < -0.4 is 10.6 Å². The maximum atomic E-state index is 11.7. The fourth-order valence-electron chi connectivity index (χ4n) is 2.44. The fourth-order valence-corrected chi connectivity index (χ4v) is 2.44. The molecular formula is C15H28N2O4. The molecule has 2 atom stereocenters. The smallest absolute Gasteiger partial charge is 0.314 e. The Labute approximate surface area is 126 Å². The number of carbonyl (C=O) groups is 2. The van der Waals surface area contributed by atoms with Crippen molar-refractivity contribution < 1.29 is 19.4 Å². The van der Waals surface area contributed by atoms with Gasteiger partial charge in [0.15, 0.2) is 0 Å². The molecule has 0 aliphatic carbocycles. The number of hydrogen-bond donors (Lipinski definition) is 3. The van der Waals surface area contributed by atoms with Crippen LogP contribution in [0.5, 0.6) is 0 Å². The highest BCUT2D eigenvalue weighted by Crippen LogP contribution is 2.24. The number of urea groups is 1. The van der Waals surface area contributed by atoms with E-state index in [9.17, 15) is 14.7 Å². The molecule has 0 spiro atoms. The van der Waals surface area contributed by atoms with Gasteiger partial charge >= 0.3 is 12.0 Å². The lowest BCUT2D eigenvalue weighted by Gasteiger charge is -2.24. The normalized spacial score (nSPS) is 20.6. The zero-order chi connectivity index (χ0) is 15.9. The van der Waals surface area contributed by atoms with Gasteiger partial charge in [0.05, 0.1) is 12.0 Å². The molecular weight excluding hydrogens is 272 g/mol. The second kappa shape index (κ2) is 8.22. The molecule has 0 aromatic rings. The summed E-state index contributed by atoms with van der Waals surface area (Å²) < 4.78 is 5.52. The van der Waals surface area contributed by atoms with Crippen molar-refractivity contribution in [1.29, 1.82) is 0 Å². The van der Waals surface area contributed by atoms with Crippen molar-refractivity contribution in [3.05, 3.63) is 0 Å². The van der Waals surface area contributed by atoms with Crippen LogP contribution >= 0.6 is 0 Å². The summed E-state index contributed by atoms with van der Waals surface area (Å²) in [6.45, 7) is 7.34. The molecule has 1 fully saturated rings. The number of hydrogen-bond acceptors (Lipinski definition) is 3. The van der Waals surface area contributed by atoms with Gasteiger partial charge in [-0.05, 0) is 31.1 Å². The van der Waals surface area contributed by atoms with Gasteiger partial charge in [0.1, 0.15) is 0 Å². The van der Waals surface area contributed by atoms with E-state index in [0.29, 0.717) is 13.0 Å². The zero-order valence-corrected chi connectivity index (χ0v) is 13.3. The molecule has 1 aliphatic rings. The molecule has 1 aliphatic heterocycles. The number of rotatable bonds is 6. The first-order valence-electron chi connectivity index (χ1n) is 7.64. The highest BCUT2D eigenvalue weighted by Gasteiger charge is 2.25. The van der Waals surface area contributed by atoms with E-state index in [2.05, 4.69) is 10.6 Å². The Balaban J connectivity index is 2.27. The molecule has 0 aromatic heterocycles. The van der Waals surface area contributed by atoms with Crippen LogP contribution in [-0.4, -0.2) is 42.9 Å². The van der Waals surface area contributed by atoms with Gasteiger partial charge in [-0.1, -0.05) is 20.8 Å². The van der Waals surface area contributed by atoms with Gasteiger partial charge in [-0.15, -0.1) is 0 Å². The Morgan fingerprint density at radius 3 is 2.52 bits per heavy atom. The summed E-state index contributed by atoms with van der Waals surface area (Å²) in [4.78, 5) is 22.9. The van der Waals surface area contributed by atoms with Crippen molar-refractivity contribution >= 4 is 12.0 Å². The summed E-state index contributed by atoms with van der Waals surface area (Å²) in [6, 6.07) is -0.329. The molecule has 0 radical (unpaired) electrons. The number of nitrogens with one attached hydrogen (secondary N) is 2. The molecule has 1 heterocycles. The number of carboxylic acid groups (broad SMARTS) is 1. The van der Waals surface area contributed by atoms with Crippen LogP contribution in [-0.2, 0) is 9.53 Å². The maximum absolute atomic E-state index is 11.7. The standard InChI is InChI=1S/C15H28N2O4/c1-15(2,3)8-11(13(18)19)9-16-14(20)17-10-12-6-4-5-7-21-12/h11-12H,4-10H2,1-3H3,(H,18,19)(H2,16,17,20). The second-order valence-corrected chi connectivity index (χ2v) is 6.88. The molecule has 0 aromatic carbocycles. The summed E-state index contributed by atoms with van der Waals surface area (Å²) in [5.41, 5.74) is -0.0862. The van der Waals surface area contributed by atoms with E-state index in [1.165, 1.54) is 0 Å². The maximum Gasteiger partial charge on any atom is 0.314 e. The van der Waals surface area contributed by atoms with E-state index in [4.69, 9.17) is 4.74 Å². The Morgan fingerprint density at radius 1 is 1.29 bits per heavy atom. The van der Waals surface area contributed by atoms with Gasteiger partial charge in [-0.25, -0.2) is 4.79 Å². The fraction of sp³-hybridized carbons (Fsp3) is 0.867. The van der Waals surface area contributed by atoms with Crippen molar-refractivity contribution in [2.24, 2.45) is 11.3 Å². The van der Waals surface area contributed by atoms with E-state index in [1.54, 1.807) is 0 Å². The molecule has 1 rings (SSSR count). The van der Waals surface area contributed by atoms with Crippen molar-refractivity contribution in [1.82, 2.24) is 10.6 Å². The van der Waals surface area contributed by atoms with E-state index in [-0.39, 0.29) is 24.1 Å². The zero-order valence-electron chi connectivity index (χ0n) is 13.3. The second-order valence-electron chi connectivity index (χ2n) is 6.88. The number of ether oxygens (including phenoxy) is 1. The van der Waals surface area contributed by atoms with Crippen LogP contribution in [0.4, 0.5) is 4.79 Å². The highest BCUT2D eigenvalue weighted by atomic mass is 16.5. The predicted molar refractivity (Wildman–Crippen MR) is 80.2 cm³/mol. The molecule has 0 bridgehead atoms. The molecule has 1 saturated heterocycles. The first kappa shape index (κ1) is 17.8. The molecule has 2 amide bonds. The van der Waals surface area contributed by atoms with Gasteiger partial charge in [0.2, 0.25) is 0 Å². The quantitative estimate of drug-likeness (QED) is 0.700. The third-order valence-corrected chi connectivity index (χ3v) is 3.48. The lowest BCUT2D eigenvalue weighted by molar-refractivity contribution is -0.142. The van der Waals surface area contributed by atoms with Gasteiger partial charge in [0.25, 0.3) is 0 Å². The average Bonchev–Trinajstić information content (AvgIpc) is 2.41. The predicted octanol–water partition coefficient (Wildman–Crippen LogP) is 1.99. The van der Waals surface area contributed by atoms with E-state index < -0.39 is 11.9 Å². The van der Waals surface area contributed by atoms with Crippen molar-refractivity contribution in [2.75, 3.05) is 19.7 Å². The largest absolute Gasteiger partial charge is 0.481 e. The lowest BCUT2D eigenvalue weighted by atomic mass is 9.84. The van der Waals surface area contributed by atoms with Gasteiger partial charge in [0, 0.05) is 19.7 Å². The molecule has 3 N–H and O–H groups in total. The van der Waals surface area contributed by atoms with E-state index >= 15 is 0 Å². The number of carbonyl (C=O) groups excluding carboxylic acids is 1. The van der Waals surface area contributed by atoms with E-state index in [1.807, 2.05) is 20.8 Å². The third kappa shape index (κ3) is 7.90. The summed E-state index contributed by atoms with van der Waals surface area (Å²) in [5, 5.41) is 14.6. The lowest BCUT2D eigenvalue weighted by Crippen LogP contribution is -2.44. The third-order valence-electron chi connectivity index (χ3n) is 3.48. The van der Waals surface area contributed by atoms with Crippen molar-refractivity contribution in [3.8, 4) is 0 Å². The average molecular weight is 300 g/mol. The van der Waals surface area contributed by atoms with Crippen LogP contribution in [0, 0.1) is 11.3 Å². The van der Waals surface area contributed by atoms with Crippen molar-refractivity contribution in [3.63, 3.8) is 0 Å². The Bertz CT molecular complexity index is 346. The first-order chi connectivity index (χ1) is 9.78. The Morgan fingerprint density at radius 2 is 2.00 bits per heavy atom. The number of amides is 2. The summed E-state index contributed by atoms with van der Waals surface area (Å²) in [6.07, 6.45) is 3.77. The summed E-state index contributed by atoms with van der Waals surface area (Å²) in [5.74, 6) is -1.44. The Kier molecular flexibility index (Phi) is 6.95. The summed E-state index contributed by atoms with van der Waals surface area (Å²) >= 11 is 0. The molecule has 2 unspecified atom stereocenters. The van der Waals surface area contributed by atoms with Crippen LogP contribution in [0.15, 0.2) is 0 Å². The van der Waals surface area contributed by atoms with Gasteiger partial charge in [-0.3, -0.25) is 4.79 Å². The Hall–Kier alpha value is -1.30. The molecule has 21 heavy (non-hydrogen) atoms. The first-order valence-corrected chi connectivity index (χ1v) is 7.64. The molecule has 0 saturated carbocycles. The van der Waals surface area contributed by atoms with E-state index in [0.717, 1.165) is 25.9 Å². The van der Waals surface area contributed by atoms with Crippen molar-refractivity contribution in [2.45, 2.75) is 52.6 Å². The SMILES string of the molecule is CC(C)(C)CC(CNC(=O)NCC1CCCCO1)C(=O)O. The minimum Gasteiger partial charge on any atom is -0.481 e. The van der Waals surface area contributed by atoms with Gasteiger partial charge < -0.3 is 20.5 Å². The van der Waals surface area contributed by atoms with Gasteiger partial charge in [-0.2, -0.15) is 0 Å². The van der Waals surface area contributed by atoms with Crippen LogP contribution in [0.2, 0.25) is 0 Å². The monoisotopic (exact) mass is 300 g/mol. The van der Waals surface area contributed by atoms with Crippen LogP contribution in [0.25, 0.3) is 0 Å². The number of aliphatic carboxylic acids is 1. The molecule has 6 heteroatoms. The minimum absolute atomic E-state index is 0.0781. The van der Waals surface area contributed by atoms with Crippen LogP contribution in [0.1, 0.15) is 46.5 Å². The number of carboxylic acids is 1. The minimum atomic E-state index is -0.874. The highest BCUT2D eigenvalue weighted by molar-refractivity contribution is 5.75. The molecule has 122 valence electrons.